The summed E-state index contributed by atoms with van der Waals surface area (Å²) in [4.78, 5) is 15.1. The van der Waals surface area contributed by atoms with Crippen molar-refractivity contribution in [3.05, 3.63) is 65.2 Å². The number of rotatable bonds is 5. The molecule has 0 radical (unpaired) electrons. The van der Waals surface area contributed by atoms with Gasteiger partial charge in [-0.1, -0.05) is 30.3 Å². The number of hydrogen-bond donors (Lipinski definition) is 1. The highest BCUT2D eigenvalue weighted by Gasteiger charge is 2.24. The maximum atomic E-state index is 12.6. The van der Waals surface area contributed by atoms with E-state index in [2.05, 4.69) is 34.5 Å². The van der Waals surface area contributed by atoms with Crippen LogP contribution in [0.15, 0.2) is 48.5 Å². The van der Waals surface area contributed by atoms with E-state index in [9.17, 15) is 4.79 Å². The van der Waals surface area contributed by atoms with Crippen molar-refractivity contribution >= 4 is 5.91 Å². The summed E-state index contributed by atoms with van der Waals surface area (Å²) in [7, 11) is 0. The average Bonchev–Trinajstić information content (AvgIpc) is 3.34. The minimum atomic E-state index is -0.00479. The second-order valence-electron chi connectivity index (χ2n) is 6.80. The summed E-state index contributed by atoms with van der Waals surface area (Å²) < 4.78 is 5.52. The summed E-state index contributed by atoms with van der Waals surface area (Å²) in [6, 6.07) is 16.5. The lowest BCUT2D eigenvalue weighted by atomic mass is 10.0. The number of ether oxygens (including phenoxy) is 1. The van der Waals surface area contributed by atoms with Gasteiger partial charge in [0.25, 0.3) is 5.91 Å². The van der Waals surface area contributed by atoms with E-state index in [-0.39, 0.29) is 11.9 Å². The molecule has 2 heterocycles. The molecule has 1 amide bonds. The molecule has 0 bridgehead atoms. The van der Waals surface area contributed by atoms with E-state index in [0.29, 0.717) is 13.2 Å². The van der Waals surface area contributed by atoms with Gasteiger partial charge in [-0.15, -0.1) is 0 Å². The molecule has 0 aromatic heterocycles. The quantitative estimate of drug-likeness (QED) is 0.912. The van der Waals surface area contributed by atoms with Gasteiger partial charge in [-0.2, -0.15) is 0 Å². The topological polar surface area (TPSA) is 41.6 Å². The van der Waals surface area contributed by atoms with Crippen LogP contribution in [0.5, 0.6) is 5.75 Å². The predicted octanol–water partition coefficient (Wildman–Crippen LogP) is 3.19. The first-order chi connectivity index (χ1) is 12.3. The molecule has 0 spiro atoms. The van der Waals surface area contributed by atoms with Crippen LogP contribution in [0, 0.1) is 0 Å². The number of fused-ring (bicyclic) bond motifs is 1. The Kier molecular flexibility index (Phi) is 4.70. The van der Waals surface area contributed by atoms with E-state index >= 15 is 0 Å². The monoisotopic (exact) mass is 336 g/mol. The molecule has 4 nitrogen and oxygen atoms in total. The van der Waals surface area contributed by atoms with E-state index in [1.165, 1.54) is 18.4 Å². The largest absolute Gasteiger partial charge is 0.493 e. The van der Waals surface area contributed by atoms with Gasteiger partial charge < -0.3 is 10.1 Å². The van der Waals surface area contributed by atoms with Gasteiger partial charge in [-0.25, -0.2) is 0 Å². The van der Waals surface area contributed by atoms with Crippen LogP contribution in [0.3, 0.4) is 0 Å². The standard InChI is InChI=1S/C21H24N2O2/c24-21(18-8-9-20-17(14-18)10-13-25-20)22-15-19(23-11-4-5-12-23)16-6-2-1-3-7-16/h1-3,6-9,14,19H,4-5,10-13,15H2,(H,22,24). The Balaban J connectivity index is 1.46. The van der Waals surface area contributed by atoms with E-state index < -0.39 is 0 Å². The Morgan fingerprint density at radius 2 is 1.92 bits per heavy atom. The Bertz CT molecular complexity index is 739. The Labute approximate surface area is 148 Å². The zero-order valence-corrected chi connectivity index (χ0v) is 14.4. The maximum Gasteiger partial charge on any atom is 0.251 e. The van der Waals surface area contributed by atoms with Gasteiger partial charge in [0, 0.05) is 18.5 Å². The van der Waals surface area contributed by atoms with Crippen LogP contribution in [0.2, 0.25) is 0 Å². The van der Waals surface area contributed by atoms with E-state index in [1.807, 2.05) is 24.3 Å². The fourth-order valence-electron chi connectivity index (χ4n) is 3.81. The second-order valence-corrected chi connectivity index (χ2v) is 6.80. The van der Waals surface area contributed by atoms with Crippen molar-refractivity contribution < 1.29 is 9.53 Å². The van der Waals surface area contributed by atoms with E-state index in [4.69, 9.17) is 4.74 Å². The fourth-order valence-corrected chi connectivity index (χ4v) is 3.81. The lowest BCUT2D eigenvalue weighted by molar-refractivity contribution is 0.0938. The summed E-state index contributed by atoms with van der Waals surface area (Å²) in [5, 5.41) is 3.14. The molecule has 1 fully saturated rings. The summed E-state index contributed by atoms with van der Waals surface area (Å²) in [6.07, 6.45) is 3.36. The number of nitrogens with one attached hydrogen (secondary N) is 1. The molecule has 25 heavy (non-hydrogen) atoms. The summed E-state index contributed by atoms with van der Waals surface area (Å²) in [6.45, 7) is 3.55. The van der Waals surface area contributed by atoms with Crippen molar-refractivity contribution in [3.63, 3.8) is 0 Å². The minimum absolute atomic E-state index is 0.00479. The highest BCUT2D eigenvalue weighted by Crippen LogP contribution is 2.27. The van der Waals surface area contributed by atoms with Gasteiger partial charge in [0.2, 0.25) is 0 Å². The van der Waals surface area contributed by atoms with Gasteiger partial charge in [0.15, 0.2) is 0 Å². The van der Waals surface area contributed by atoms with Gasteiger partial charge in [-0.3, -0.25) is 9.69 Å². The number of carbonyl (C=O) groups excluding carboxylic acids is 1. The average molecular weight is 336 g/mol. The molecular weight excluding hydrogens is 312 g/mol. The molecule has 2 aromatic rings. The highest BCUT2D eigenvalue weighted by molar-refractivity contribution is 5.94. The maximum absolute atomic E-state index is 12.6. The number of amides is 1. The van der Waals surface area contributed by atoms with Crippen molar-refractivity contribution in [2.75, 3.05) is 26.2 Å². The van der Waals surface area contributed by atoms with E-state index in [0.717, 1.165) is 36.4 Å². The molecule has 4 rings (SSSR count). The lowest BCUT2D eigenvalue weighted by Gasteiger charge is -2.28. The second kappa shape index (κ2) is 7.28. The molecule has 4 heteroatoms. The number of likely N-dealkylation sites (tertiary alicyclic amines) is 1. The van der Waals surface area contributed by atoms with Crippen LogP contribution in [0.4, 0.5) is 0 Å². The van der Waals surface area contributed by atoms with Crippen LogP contribution in [0.25, 0.3) is 0 Å². The first kappa shape index (κ1) is 16.2. The third-order valence-corrected chi connectivity index (χ3v) is 5.17. The number of nitrogens with zero attached hydrogens (tertiary/aromatic N) is 1. The van der Waals surface area contributed by atoms with Crippen molar-refractivity contribution in [2.45, 2.75) is 25.3 Å². The molecule has 130 valence electrons. The fraction of sp³-hybridized carbons (Fsp3) is 0.381. The number of hydrogen-bond acceptors (Lipinski definition) is 3. The van der Waals surface area contributed by atoms with E-state index in [1.54, 1.807) is 0 Å². The molecule has 2 aromatic carbocycles. The molecule has 1 atom stereocenters. The van der Waals surface area contributed by atoms with Crippen LogP contribution < -0.4 is 10.1 Å². The van der Waals surface area contributed by atoms with Crippen LogP contribution in [0.1, 0.15) is 40.4 Å². The van der Waals surface area contributed by atoms with Crippen LogP contribution in [-0.2, 0) is 6.42 Å². The Hall–Kier alpha value is -2.33. The molecule has 1 saturated heterocycles. The van der Waals surface area contributed by atoms with Gasteiger partial charge in [-0.05, 0) is 55.3 Å². The first-order valence-corrected chi connectivity index (χ1v) is 9.14. The summed E-state index contributed by atoms with van der Waals surface area (Å²) in [5.74, 6) is 0.908. The summed E-state index contributed by atoms with van der Waals surface area (Å²) >= 11 is 0. The highest BCUT2D eigenvalue weighted by atomic mass is 16.5. The zero-order chi connectivity index (χ0) is 17.1. The molecule has 0 saturated carbocycles. The van der Waals surface area contributed by atoms with Gasteiger partial charge in [0.1, 0.15) is 5.75 Å². The first-order valence-electron chi connectivity index (χ1n) is 9.14. The number of benzene rings is 2. The third kappa shape index (κ3) is 3.54. The Morgan fingerprint density at radius 1 is 1.12 bits per heavy atom. The smallest absolute Gasteiger partial charge is 0.251 e. The van der Waals surface area contributed by atoms with Gasteiger partial charge >= 0.3 is 0 Å². The van der Waals surface area contributed by atoms with Crippen LogP contribution in [-0.4, -0.2) is 37.0 Å². The van der Waals surface area contributed by atoms with Crippen molar-refractivity contribution in [1.29, 1.82) is 0 Å². The zero-order valence-electron chi connectivity index (χ0n) is 14.4. The molecule has 0 aliphatic carbocycles. The molecule has 2 aliphatic rings. The normalized spacial score (nSPS) is 17.8. The molecule has 2 aliphatic heterocycles. The Morgan fingerprint density at radius 3 is 2.72 bits per heavy atom. The van der Waals surface area contributed by atoms with Crippen LogP contribution >= 0.6 is 0 Å². The molecule has 1 N–H and O–H groups in total. The summed E-state index contributed by atoms with van der Waals surface area (Å²) in [5.41, 5.74) is 3.12. The van der Waals surface area contributed by atoms with Crippen molar-refractivity contribution in [1.82, 2.24) is 10.2 Å². The molecular formula is C21H24N2O2. The SMILES string of the molecule is O=C(NCC(c1ccccc1)N1CCCC1)c1ccc2c(c1)CCO2. The van der Waals surface area contributed by atoms with Crippen molar-refractivity contribution in [2.24, 2.45) is 0 Å². The predicted molar refractivity (Wildman–Crippen MR) is 98.0 cm³/mol. The minimum Gasteiger partial charge on any atom is -0.493 e. The molecule has 1 unspecified atom stereocenters. The van der Waals surface area contributed by atoms with Crippen molar-refractivity contribution in [3.8, 4) is 5.75 Å². The van der Waals surface area contributed by atoms with Gasteiger partial charge in [0.05, 0.1) is 12.6 Å². The number of carbonyl (C=O) groups is 1. The lowest BCUT2D eigenvalue weighted by Crippen LogP contribution is -2.36. The third-order valence-electron chi connectivity index (χ3n) is 5.17.